The first-order valence-corrected chi connectivity index (χ1v) is 8.17. The first kappa shape index (κ1) is 17.3. The van der Waals surface area contributed by atoms with Gasteiger partial charge in [0.1, 0.15) is 5.75 Å². The van der Waals surface area contributed by atoms with Crippen LogP contribution >= 0.6 is 12.2 Å². The molecule has 1 heterocycles. The van der Waals surface area contributed by atoms with Crippen LogP contribution in [0.5, 0.6) is 5.75 Å². The first-order chi connectivity index (χ1) is 11.0. The maximum atomic E-state index is 12.3. The Morgan fingerprint density at radius 2 is 2.17 bits per heavy atom. The van der Waals surface area contributed by atoms with Crippen LogP contribution in [0.2, 0.25) is 0 Å². The molecule has 0 spiro atoms. The quantitative estimate of drug-likeness (QED) is 0.639. The molecule has 1 aliphatic rings. The van der Waals surface area contributed by atoms with Crippen molar-refractivity contribution in [3.8, 4) is 5.75 Å². The second-order valence-electron chi connectivity index (χ2n) is 5.59. The highest BCUT2D eigenvalue weighted by atomic mass is 32.1. The van der Waals surface area contributed by atoms with E-state index in [0.29, 0.717) is 30.5 Å². The zero-order chi connectivity index (χ0) is 16.8. The van der Waals surface area contributed by atoms with Gasteiger partial charge in [-0.25, -0.2) is 0 Å². The normalized spacial score (nSPS) is 16.1. The fraction of sp³-hybridized carbons (Fsp3) is 0.412. The summed E-state index contributed by atoms with van der Waals surface area (Å²) < 4.78 is 5.84. The molecule has 0 saturated carbocycles. The molecule has 0 fully saturated rings. The molecule has 0 aliphatic carbocycles. The third kappa shape index (κ3) is 4.45. The number of thiocarbonyl (C=S) groups is 1. The fourth-order valence-corrected chi connectivity index (χ4v) is 2.49. The lowest BCUT2D eigenvalue weighted by atomic mass is 10.2. The van der Waals surface area contributed by atoms with Gasteiger partial charge < -0.3 is 20.3 Å². The van der Waals surface area contributed by atoms with E-state index in [4.69, 9.17) is 17.0 Å². The summed E-state index contributed by atoms with van der Waals surface area (Å²) >= 11 is 5.48. The van der Waals surface area contributed by atoms with E-state index in [1.54, 1.807) is 0 Å². The summed E-state index contributed by atoms with van der Waals surface area (Å²) in [6.07, 6.45) is 0.304. The van der Waals surface area contributed by atoms with Crippen molar-refractivity contribution in [2.24, 2.45) is 0 Å². The van der Waals surface area contributed by atoms with Gasteiger partial charge in [0.05, 0.1) is 12.2 Å². The van der Waals surface area contributed by atoms with Crippen molar-refractivity contribution in [1.29, 1.82) is 0 Å². The van der Waals surface area contributed by atoms with Gasteiger partial charge in [0.15, 0.2) is 11.2 Å². The van der Waals surface area contributed by atoms with E-state index in [0.717, 1.165) is 17.7 Å². The van der Waals surface area contributed by atoms with Crippen LogP contribution in [-0.4, -0.2) is 36.8 Å². The van der Waals surface area contributed by atoms with Crippen molar-refractivity contribution in [2.45, 2.75) is 26.4 Å². The molecule has 0 unspecified atom stereocenters. The Labute approximate surface area is 142 Å². The molecule has 1 aromatic rings. The zero-order valence-electron chi connectivity index (χ0n) is 13.6. The van der Waals surface area contributed by atoms with E-state index in [2.05, 4.69) is 17.2 Å². The number of rotatable bonds is 5. The third-order valence-corrected chi connectivity index (χ3v) is 3.77. The lowest BCUT2D eigenvalue weighted by molar-refractivity contribution is -0.127. The Kier molecular flexibility index (Phi) is 5.98. The summed E-state index contributed by atoms with van der Waals surface area (Å²) in [6, 6.07) is 7.59. The maximum Gasteiger partial charge on any atom is 0.262 e. The van der Waals surface area contributed by atoms with Crippen LogP contribution in [0.1, 0.15) is 20.3 Å². The number of carbonyl (C=O) groups is 1. The molecule has 0 saturated heterocycles. The van der Waals surface area contributed by atoms with E-state index in [1.165, 1.54) is 0 Å². The standard InChI is InChI=1S/C17H23N3O2S/c1-4-9-18-16(21)15-11-20(17(23)19-10-12(2)3)13-7-5-6-8-14(13)22-15/h5-8,15H,2,4,9-11H2,1,3H3,(H,18,21)(H,19,23)/t15-/m0/s1. The Morgan fingerprint density at radius 3 is 2.87 bits per heavy atom. The van der Waals surface area contributed by atoms with E-state index in [-0.39, 0.29) is 5.91 Å². The molecule has 6 heteroatoms. The van der Waals surface area contributed by atoms with Crippen molar-refractivity contribution >= 4 is 28.9 Å². The zero-order valence-corrected chi connectivity index (χ0v) is 14.4. The van der Waals surface area contributed by atoms with Gasteiger partial charge in [-0.1, -0.05) is 31.2 Å². The molecule has 1 atom stereocenters. The number of ether oxygens (including phenoxy) is 1. The Bertz CT molecular complexity index is 603. The molecule has 2 N–H and O–H groups in total. The molecule has 0 bridgehead atoms. The number of nitrogens with one attached hydrogen (secondary N) is 2. The monoisotopic (exact) mass is 333 g/mol. The Hall–Kier alpha value is -2.08. The summed E-state index contributed by atoms with van der Waals surface area (Å²) in [5.74, 6) is 0.545. The predicted octanol–water partition coefficient (Wildman–Crippen LogP) is 2.23. The molecule has 23 heavy (non-hydrogen) atoms. The minimum absolute atomic E-state index is 0.117. The number of anilines is 1. The molecule has 2 rings (SSSR count). The van der Waals surface area contributed by atoms with Gasteiger partial charge >= 0.3 is 0 Å². The highest BCUT2D eigenvalue weighted by Gasteiger charge is 2.32. The number of fused-ring (bicyclic) bond motifs is 1. The summed E-state index contributed by atoms with van der Waals surface area (Å²) in [4.78, 5) is 14.2. The summed E-state index contributed by atoms with van der Waals surface area (Å²) in [5, 5.41) is 6.61. The van der Waals surface area contributed by atoms with Gasteiger partial charge in [-0.15, -0.1) is 0 Å². The number of para-hydroxylation sites is 2. The highest BCUT2D eigenvalue weighted by Crippen LogP contribution is 2.33. The van der Waals surface area contributed by atoms with Crippen LogP contribution in [0, 0.1) is 0 Å². The van der Waals surface area contributed by atoms with Crippen LogP contribution in [-0.2, 0) is 4.79 Å². The van der Waals surface area contributed by atoms with Gasteiger partial charge in [0, 0.05) is 13.1 Å². The molecule has 0 radical (unpaired) electrons. The van der Waals surface area contributed by atoms with Crippen LogP contribution in [0.3, 0.4) is 0 Å². The Balaban J connectivity index is 2.17. The van der Waals surface area contributed by atoms with Crippen LogP contribution in [0.15, 0.2) is 36.4 Å². The van der Waals surface area contributed by atoms with E-state index < -0.39 is 6.10 Å². The number of amides is 1. The highest BCUT2D eigenvalue weighted by molar-refractivity contribution is 7.80. The summed E-state index contributed by atoms with van der Waals surface area (Å²) in [7, 11) is 0. The van der Waals surface area contributed by atoms with Crippen molar-refractivity contribution < 1.29 is 9.53 Å². The summed E-state index contributed by atoms with van der Waals surface area (Å²) in [6.45, 7) is 9.44. The molecule has 1 aromatic carbocycles. The average Bonchev–Trinajstić information content (AvgIpc) is 2.56. The molecule has 0 aromatic heterocycles. The number of hydrogen-bond acceptors (Lipinski definition) is 3. The molecule has 5 nitrogen and oxygen atoms in total. The van der Waals surface area contributed by atoms with Gasteiger partial charge in [0.25, 0.3) is 5.91 Å². The number of benzene rings is 1. The topological polar surface area (TPSA) is 53.6 Å². The second-order valence-corrected chi connectivity index (χ2v) is 5.98. The number of hydrogen-bond donors (Lipinski definition) is 2. The lowest BCUT2D eigenvalue weighted by Gasteiger charge is -2.35. The molecule has 124 valence electrons. The number of nitrogens with zero attached hydrogens (tertiary/aromatic N) is 1. The average molecular weight is 333 g/mol. The second kappa shape index (κ2) is 7.97. The largest absolute Gasteiger partial charge is 0.477 e. The van der Waals surface area contributed by atoms with Crippen molar-refractivity contribution in [2.75, 3.05) is 24.5 Å². The summed E-state index contributed by atoms with van der Waals surface area (Å²) in [5.41, 5.74) is 1.86. The fourth-order valence-electron chi connectivity index (χ4n) is 2.25. The van der Waals surface area contributed by atoms with Gasteiger partial charge in [-0.3, -0.25) is 4.79 Å². The third-order valence-electron chi connectivity index (χ3n) is 3.40. The van der Waals surface area contributed by atoms with Crippen LogP contribution in [0.4, 0.5) is 5.69 Å². The minimum atomic E-state index is -0.582. The van der Waals surface area contributed by atoms with Crippen molar-refractivity contribution in [3.05, 3.63) is 36.4 Å². The maximum absolute atomic E-state index is 12.3. The van der Waals surface area contributed by atoms with Gasteiger partial charge in [-0.05, 0) is 37.7 Å². The lowest BCUT2D eigenvalue weighted by Crippen LogP contribution is -2.53. The van der Waals surface area contributed by atoms with Gasteiger partial charge in [-0.2, -0.15) is 0 Å². The van der Waals surface area contributed by atoms with Crippen molar-refractivity contribution in [3.63, 3.8) is 0 Å². The van der Waals surface area contributed by atoms with Gasteiger partial charge in [0.2, 0.25) is 0 Å². The van der Waals surface area contributed by atoms with E-state index in [9.17, 15) is 4.79 Å². The minimum Gasteiger partial charge on any atom is -0.477 e. The van der Waals surface area contributed by atoms with Crippen LogP contribution in [0.25, 0.3) is 0 Å². The van der Waals surface area contributed by atoms with E-state index >= 15 is 0 Å². The number of carbonyl (C=O) groups excluding carboxylic acids is 1. The van der Waals surface area contributed by atoms with Crippen LogP contribution < -0.4 is 20.3 Å². The molecule has 1 aliphatic heterocycles. The van der Waals surface area contributed by atoms with Crippen molar-refractivity contribution in [1.82, 2.24) is 10.6 Å². The first-order valence-electron chi connectivity index (χ1n) is 7.76. The molecular weight excluding hydrogens is 310 g/mol. The molecule has 1 amide bonds. The Morgan fingerprint density at radius 1 is 1.43 bits per heavy atom. The smallest absolute Gasteiger partial charge is 0.262 e. The molecular formula is C17H23N3O2S. The SMILES string of the molecule is C=C(C)CNC(=S)N1C[C@@H](C(=O)NCCC)Oc2ccccc21. The van der Waals surface area contributed by atoms with E-state index in [1.807, 2.05) is 43.0 Å². The predicted molar refractivity (Wildman–Crippen MR) is 96.9 cm³/mol.